The lowest BCUT2D eigenvalue weighted by atomic mass is 9.75. The van der Waals surface area contributed by atoms with Gasteiger partial charge in [-0.2, -0.15) is 26.3 Å². The highest BCUT2D eigenvalue weighted by Gasteiger charge is 2.73. The summed E-state index contributed by atoms with van der Waals surface area (Å²) in [5.74, 6) is -2.19. The largest absolute Gasteiger partial charge is 0.435 e. The first-order valence-electron chi connectivity index (χ1n) is 11.4. The number of sulfone groups is 1. The second-order valence-corrected chi connectivity index (χ2v) is 11.6. The second kappa shape index (κ2) is 9.18. The van der Waals surface area contributed by atoms with Gasteiger partial charge in [0.2, 0.25) is 5.91 Å². The van der Waals surface area contributed by atoms with Crippen LogP contribution in [-0.2, 0) is 31.5 Å². The summed E-state index contributed by atoms with van der Waals surface area (Å²) in [6.45, 7) is -1.16. The van der Waals surface area contributed by atoms with E-state index in [0.29, 0.717) is 6.07 Å². The molecule has 2 atom stereocenters. The first-order valence-corrected chi connectivity index (χ1v) is 12.8. The molecule has 1 fully saturated rings. The highest BCUT2D eigenvalue weighted by atomic mass is 32.2. The van der Waals surface area contributed by atoms with Gasteiger partial charge in [0.25, 0.3) is 0 Å². The maximum absolute atomic E-state index is 14.8. The van der Waals surface area contributed by atoms with Crippen LogP contribution in [0.1, 0.15) is 29.5 Å². The molecule has 1 saturated heterocycles. The van der Waals surface area contributed by atoms with E-state index in [9.17, 15) is 48.3 Å². The Bertz CT molecular complexity index is 1330. The van der Waals surface area contributed by atoms with Gasteiger partial charge in [0, 0.05) is 31.0 Å². The van der Waals surface area contributed by atoms with E-state index in [4.69, 9.17) is 5.11 Å². The lowest BCUT2D eigenvalue weighted by Gasteiger charge is -2.40. The van der Waals surface area contributed by atoms with E-state index < -0.39 is 69.0 Å². The van der Waals surface area contributed by atoms with Crippen LogP contribution in [0.4, 0.5) is 35.1 Å². The van der Waals surface area contributed by atoms with E-state index in [0.717, 1.165) is 35.2 Å². The standard InChI is InChI=1S/C24H21F8NO4S/c25-17-4-6-18(7-5-17)38(36,37)21-13-33(20(35)9-10-34)12-16(21)2-1-14-11-15(3-8-19(14)21)22(26,23(27,28)29)24(30,31)32/h3-8,11,16,34H,1-2,9-10,12-13H2. The molecule has 2 aromatic carbocycles. The Morgan fingerprint density at radius 1 is 1.00 bits per heavy atom. The van der Waals surface area contributed by atoms with E-state index in [1.54, 1.807) is 0 Å². The molecule has 1 N–H and O–H groups in total. The molecule has 0 bridgehead atoms. The molecular weight excluding hydrogens is 550 g/mol. The molecule has 208 valence electrons. The van der Waals surface area contributed by atoms with Crippen LogP contribution in [0, 0.1) is 11.7 Å². The second-order valence-electron chi connectivity index (χ2n) is 9.36. The number of rotatable bonds is 5. The van der Waals surface area contributed by atoms with Crippen LogP contribution in [0.3, 0.4) is 0 Å². The summed E-state index contributed by atoms with van der Waals surface area (Å²) < 4.78 is 135. The molecule has 0 aromatic heterocycles. The predicted octanol–water partition coefficient (Wildman–Crippen LogP) is 4.57. The van der Waals surface area contributed by atoms with Gasteiger partial charge in [-0.05, 0) is 48.2 Å². The van der Waals surface area contributed by atoms with Crippen LogP contribution in [0.2, 0.25) is 0 Å². The van der Waals surface area contributed by atoms with Gasteiger partial charge >= 0.3 is 18.0 Å². The summed E-state index contributed by atoms with van der Waals surface area (Å²) in [6, 6.07) is 5.07. The van der Waals surface area contributed by atoms with Crippen molar-refractivity contribution >= 4 is 15.7 Å². The van der Waals surface area contributed by atoms with E-state index in [2.05, 4.69) is 0 Å². The van der Waals surface area contributed by atoms with Crippen LogP contribution in [-0.4, -0.2) is 56.4 Å². The van der Waals surface area contributed by atoms with E-state index >= 15 is 0 Å². The minimum absolute atomic E-state index is 0.0584. The number of nitrogens with zero attached hydrogens (tertiary/aromatic N) is 1. The molecule has 2 aliphatic rings. The number of aryl methyl sites for hydroxylation is 1. The maximum atomic E-state index is 14.8. The third kappa shape index (κ3) is 4.07. The molecule has 5 nitrogen and oxygen atoms in total. The molecule has 4 rings (SSSR count). The molecule has 2 aromatic rings. The third-order valence-corrected chi connectivity index (χ3v) is 9.84. The molecule has 0 spiro atoms. The average molecular weight is 571 g/mol. The van der Waals surface area contributed by atoms with Crippen LogP contribution in [0.5, 0.6) is 0 Å². The van der Waals surface area contributed by atoms with Gasteiger partial charge in [0.1, 0.15) is 10.6 Å². The van der Waals surface area contributed by atoms with Crippen molar-refractivity contribution in [3.05, 3.63) is 65.0 Å². The summed E-state index contributed by atoms with van der Waals surface area (Å²) in [4.78, 5) is 13.4. The Morgan fingerprint density at radius 3 is 2.16 bits per heavy atom. The number of carbonyl (C=O) groups excluding carboxylic acids is 1. The zero-order valence-corrected chi connectivity index (χ0v) is 20.2. The lowest BCUT2D eigenvalue weighted by molar-refractivity contribution is -0.348. The summed E-state index contributed by atoms with van der Waals surface area (Å²) in [6.07, 6.45) is -13.3. The molecular formula is C24H21F8NO4S. The van der Waals surface area contributed by atoms with Crippen LogP contribution in [0.25, 0.3) is 0 Å². The summed E-state index contributed by atoms with van der Waals surface area (Å²) in [5, 5.41) is 9.16. The van der Waals surface area contributed by atoms with Crippen molar-refractivity contribution in [3.8, 4) is 0 Å². The Labute approximate surface area is 212 Å². The van der Waals surface area contributed by atoms with Gasteiger partial charge < -0.3 is 10.0 Å². The fraction of sp³-hybridized carbons (Fsp3) is 0.458. The number of alkyl halides is 7. The molecule has 14 heteroatoms. The first-order chi connectivity index (χ1) is 17.5. The highest BCUT2D eigenvalue weighted by molar-refractivity contribution is 7.92. The Balaban J connectivity index is 1.94. The average Bonchev–Trinajstić information content (AvgIpc) is 3.24. The SMILES string of the molecule is O=C(CCO)N1CC2CCc3cc(C(F)(C(F)(F)F)C(F)(F)F)ccc3C2(S(=O)(=O)c2ccc(F)cc2)C1. The molecule has 0 radical (unpaired) electrons. The van der Waals surface area contributed by atoms with E-state index in [-0.39, 0.29) is 47.9 Å². The smallest absolute Gasteiger partial charge is 0.396 e. The zero-order chi connectivity index (χ0) is 28.3. The number of hydrogen-bond acceptors (Lipinski definition) is 4. The normalized spacial score (nSPS) is 22.2. The number of carbonyl (C=O) groups is 1. The Kier molecular flexibility index (Phi) is 6.83. The van der Waals surface area contributed by atoms with E-state index in [1.165, 1.54) is 0 Å². The minimum atomic E-state index is -6.35. The fourth-order valence-electron chi connectivity index (χ4n) is 5.48. The lowest BCUT2D eigenvalue weighted by Crippen LogP contribution is -2.51. The fourth-order valence-corrected chi connectivity index (χ4v) is 7.84. The zero-order valence-electron chi connectivity index (χ0n) is 19.4. The van der Waals surface area contributed by atoms with Gasteiger partial charge in [-0.25, -0.2) is 17.2 Å². The summed E-state index contributed by atoms with van der Waals surface area (Å²) >= 11 is 0. The van der Waals surface area contributed by atoms with Gasteiger partial charge in [-0.3, -0.25) is 4.79 Å². The Hall–Kier alpha value is -2.74. The highest BCUT2D eigenvalue weighted by Crippen LogP contribution is 2.56. The van der Waals surface area contributed by atoms with Gasteiger partial charge in [0.05, 0.1) is 11.5 Å². The maximum Gasteiger partial charge on any atom is 0.435 e. The van der Waals surface area contributed by atoms with Crippen molar-refractivity contribution in [2.75, 3.05) is 19.7 Å². The monoisotopic (exact) mass is 571 g/mol. The third-order valence-electron chi connectivity index (χ3n) is 7.31. The predicted molar refractivity (Wildman–Crippen MR) is 117 cm³/mol. The number of aliphatic hydroxyl groups is 1. The molecule has 1 amide bonds. The molecule has 38 heavy (non-hydrogen) atoms. The van der Waals surface area contributed by atoms with Crippen LogP contribution in [0.15, 0.2) is 47.4 Å². The number of halogens is 8. The van der Waals surface area contributed by atoms with Crippen molar-refractivity contribution in [1.29, 1.82) is 0 Å². The number of amides is 1. The summed E-state index contributed by atoms with van der Waals surface area (Å²) in [7, 11) is -4.54. The van der Waals surface area contributed by atoms with Crippen LogP contribution < -0.4 is 0 Å². The topological polar surface area (TPSA) is 74.7 Å². The van der Waals surface area contributed by atoms with Gasteiger partial charge in [-0.1, -0.05) is 18.2 Å². The molecule has 0 saturated carbocycles. The molecule has 1 aliphatic carbocycles. The van der Waals surface area contributed by atoms with Gasteiger partial charge in [-0.15, -0.1) is 0 Å². The van der Waals surface area contributed by atoms with Crippen molar-refractivity contribution in [3.63, 3.8) is 0 Å². The quantitative estimate of drug-likeness (QED) is 0.422. The number of benzene rings is 2. The van der Waals surface area contributed by atoms with Crippen molar-refractivity contribution in [1.82, 2.24) is 4.90 Å². The molecule has 2 unspecified atom stereocenters. The summed E-state index contributed by atoms with van der Waals surface area (Å²) in [5.41, 5.74) is -7.84. The van der Waals surface area contributed by atoms with Crippen molar-refractivity contribution in [2.24, 2.45) is 5.92 Å². The van der Waals surface area contributed by atoms with E-state index in [1.807, 2.05) is 0 Å². The molecule has 1 heterocycles. The number of likely N-dealkylation sites (tertiary alicyclic amines) is 1. The number of fused-ring (bicyclic) bond motifs is 3. The number of hydrogen-bond donors (Lipinski definition) is 1. The van der Waals surface area contributed by atoms with Crippen LogP contribution >= 0.6 is 0 Å². The molecule has 1 aliphatic heterocycles. The Morgan fingerprint density at radius 2 is 1.61 bits per heavy atom. The van der Waals surface area contributed by atoms with Gasteiger partial charge in [0.15, 0.2) is 9.84 Å². The first kappa shape index (κ1) is 28.3. The van der Waals surface area contributed by atoms with Crippen molar-refractivity contribution < 1.29 is 53.4 Å². The number of aliphatic hydroxyl groups excluding tert-OH is 1. The van der Waals surface area contributed by atoms with Crippen molar-refractivity contribution in [2.45, 2.75) is 46.9 Å². The minimum Gasteiger partial charge on any atom is -0.396 e.